The Kier molecular flexibility index (Phi) is 12.7. The van der Waals surface area contributed by atoms with Crippen LogP contribution in [0.25, 0.3) is 0 Å². The van der Waals surface area contributed by atoms with Crippen molar-refractivity contribution in [1.29, 1.82) is 0 Å². The Balaban J connectivity index is 0.00000450. The third-order valence-electron chi connectivity index (χ3n) is 4.91. The van der Waals surface area contributed by atoms with Gasteiger partial charge in [-0.25, -0.2) is 0 Å². The molecule has 0 saturated carbocycles. The van der Waals surface area contributed by atoms with Crippen LogP contribution < -0.4 is 20.7 Å². The summed E-state index contributed by atoms with van der Waals surface area (Å²) in [4.78, 5) is 18.4. The topological polar surface area (TPSA) is 87.2 Å². The highest BCUT2D eigenvalue weighted by Gasteiger charge is 2.23. The van der Waals surface area contributed by atoms with Crippen LogP contribution in [-0.4, -0.2) is 76.9 Å². The molecule has 0 bridgehead atoms. The molecular formula is C21H36IN5O3. The van der Waals surface area contributed by atoms with Crippen LogP contribution in [0, 0.1) is 5.92 Å². The lowest BCUT2D eigenvalue weighted by Gasteiger charge is -2.35. The van der Waals surface area contributed by atoms with Gasteiger partial charge in [0.05, 0.1) is 26.4 Å². The largest absolute Gasteiger partial charge is 0.497 e. The number of carbonyl (C=O) groups is 1. The summed E-state index contributed by atoms with van der Waals surface area (Å²) in [7, 11) is 3.43. The van der Waals surface area contributed by atoms with Gasteiger partial charge in [-0.15, -0.1) is 24.0 Å². The van der Waals surface area contributed by atoms with Crippen molar-refractivity contribution >= 4 is 35.8 Å². The summed E-state index contributed by atoms with van der Waals surface area (Å²) >= 11 is 0. The number of hydrogen-bond acceptors (Lipinski definition) is 5. The summed E-state index contributed by atoms with van der Waals surface area (Å²) in [6.07, 6.45) is 0. The van der Waals surface area contributed by atoms with Gasteiger partial charge in [0.25, 0.3) is 0 Å². The minimum Gasteiger partial charge on any atom is -0.497 e. The van der Waals surface area contributed by atoms with Crippen LogP contribution in [0.2, 0.25) is 0 Å². The van der Waals surface area contributed by atoms with Gasteiger partial charge in [-0.3, -0.25) is 14.7 Å². The molecule has 0 aliphatic carbocycles. The predicted octanol–water partition coefficient (Wildman–Crippen LogP) is 1.62. The number of aliphatic imine (C=N–C) groups is 1. The van der Waals surface area contributed by atoms with E-state index >= 15 is 0 Å². The second-order valence-corrected chi connectivity index (χ2v) is 7.26. The molecule has 9 heteroatoms. The van der Waals surface area contributed by atoms with Crippen molar-refractivity contribution in [3.8, 4) is 5.75 Å². The van der Waals surface area contributed by atoms with Crippen molar-refractivity contribution in [2.75, 3.05) is 60.1 Å². The van der Waals surface area contributed by atoms with Crippen LogP contribution in [-0.2, 0) is 9.53 Å². The lowest BCUT2D eigenvalue weighted by Crippen LogP contribution is -2.47. The number of nitrogens with one attached hydrogen (secondary N) is 3. The molecule has 1 heterocycles. The fraction of sp³-hybridized carbons (Fsp3) is 0.619. The summed E-state index contributed by atoms with van der Waals surface area (Å²) in [5.41, 5.74) is 1.22. The molecule has 30 heavy (non-hydrogen) atoms. The zero-order valence-electron chi connectivity index (χ0n) is 18.4. The molecule has 1 unspecified atom stereocenters. The van der Waals surface area contributed by atoms with Crippen molar-refractivity contribution in [2.45, 2.75) is 19.9 Å². The molecule has 1 aliphatic rings. The lowest BCUT2D eigenvalue weighted by atomic mass is 10.0. The number of benzene rings is 1. The molecule has 1 atom stereocenters. The lowest BCUT2D eigenvalue weighted by molar-refractivity contribution is -0.123. The molecule has 0 spiro atoms. The van der Waals surface area contributed by atoms with E-state index in [2.05, 4.69) is 38.0 Å². The van der Waals surface area contributed by atoms with Gasteiger partial charge in [-0.2, -0.15) is 0 Å². The van der Waals surface area contributed by atoms with E-state index in [-0.39, 0.29) is 41.8 Å². The van der Waals surface area contributed by atoms with Gasteiger partial charge in [0.2, 0.25) is 5.91 Å². The van der Waals surface area contributed by atoms with Crippen molar-refractivity contribution in [3.05, 3.63) is 29.8 Å². The van der Waals surface area contributed by atoms with E-state index in [1.165, 1.54) is 5.56 Å². The van der Waals surface area contributed by atoms with E-state index in [9.17, 15) is 4.79 Å². The maximum Gasteiger partial charge on any atom is 0.222 e. The molecule has 1 amide bonds. The summed E-state index contributed by atoms with van der Waals surface area (Å²) in [5.74, 6) is 1.62. The van der Waals surface area contributed by atoms with Gasteiger partial charge in [-0.1, -0.05) is 26.0 Å². The van der Waals surface area contributed by atoms with Gasteiger partial charge in [0.15, 0.2) is 5.96 Å². The van der Waals surface area contributed by atoms with E-state index in [1.807, 2.05) is 26.0 Å². The number of carbonyl (C=O) groups excluding carboxylic acids is 1. The Morgan fingerprint density at radius 2 is 1.77 bits per heavy atom. The second-order valence-electron chi connectivity index (χ2n) is 7.26. The molecule has 2 rings (SSSR count). The fourth-order valence-electron chi connectivity index (χ4n) is 3.16. The van der Waals surface area contributed by atoms with Gasteiger partial charge < -0.3 is 25.4 Å². The first-order valence-electron chi connectivity index (χ1n) is 10.2. The first-order chi connectivity index (χ1) is 14.0. The van der Waals surface area contributed by atoms with Crippen LogP contribution in [0.3, 0.4) is 0 Å². The van der Waals surface area contributed by atoms with E-state index in [4.69, 9.17) is 9.47 Å². The van der Waals surface area contributed by atoms with Crippen LogP contribution in [0.15, 0.2) is 29.3 Å². The minimum absolute atomic E-state index is 0. The number of ether oxygens (including phenoxy) is 2. The van der Waals surface area contributed by atoms with E-state index in [0.29, 0.717) is 19.6 Å². The zero-order chi connectivity index (χ0) is 21.1. The zero-order valence-corrected chi connectivity index (χ0v) is 20.8. The maximum atomic E-state index is 11.6. The average Bonchev–Trinajstić information content (AvgIpc) is 2.76. The smallest absolute Gasteiger partial charge is 0.222 e. The van der Waals surface area contributed by atoms with Gasteiger partial charge in [-0.05, 0) is 17.7 Å². The summed E-state index contributed by atoms with van der Waals surface area (Å²) in [6, 6.07) is 8.40. The van der Waals surface area contributed by atoms with Crippen LogP contribution >= 0.6 is 24.0 Å². The fourth-order valence-corrected chi connectivity index (χ4v) is 3.16. The number of rotatable bonds is 9. The molecule has 1 aliphatic heterocycles. The molecule has 1 saturated heterocycles. The summed E-state index contributed by atoms with van der Waals surface area (Å²) in [6.45, 7) is 8.93. The highest BCUT2D eigenvalue weighted by Crippen LogP contribution is 2.23. The average molecular weight is 533 g/mol. The van der Waals surface area contributed by atoms with Gasteiger partial charge in [0, 0.05) is 45.7 Å². The van der Waals surface area contributed by atoms with Crippen molar-refractivity contribution in [2.24, 2.45) is 10.9 Å². The summed E-state index contributed by atoms with van der Waals surface area (Å²) in [5, 5.41) is 9.57. The highest BCUT2D eigenvalue weighted by atomic mass is 127. The predicted molar refractivity (Wildman–Crippen MR) is 131 cm³/mol. The quantitative estimate of drug-likeness (QED) is 0.194. The molecule has 1 aromatic carbocycles. The second kappa shape index (κ2) is 14.4. The van der Waals surface area contributed by atoms with Crippen LogP contribution in [0.5, 0.6) is 5.75 Å². The number of hydrogen-bond donors (Lipinski definition) is 3. The number of morpholine rings is 1. The Labute approximate surface area is 197 Å². The van der Waals surface area contributed by atoms with Crippen LogP contribution in [0.1, 0.15) is 25.5 Å². The number of methoxy groups -OCH3 is 1. The van der Waals surface area contributed by atoms with Crippen molar-refractivity contribution in [1.82, 2.24) is 20.9 Å². The Bertz CT molecular complexity index is 649. The Morgan fingerprint density at radius 1 is 1.13 bits per heavy atom. The molecule has 3 N–H and O–H groups in total. The van der Waals surface area contributed by atoms with Crippen LogP contribution in [0.4, 0.5) is 0 Å². The Morgan fingerprint density at radius 3 is 2.33 bits per heavy atom. The highest BCUT2D eigenvalue weighted by molar-refractivity contribution is 14.0. The summed E-state index contributed by atoms with van der Waals surface area (Å²) < 4.78 is 10.8. The number of amides is 1. The van der Waals surface area contributed by atoms with Gasteiger partial charge in [0.1, 0.15) is 5.75 Å². The monoisotopic (exact) mass is 533 g/mol. The van der Waals surface area contributed by atoms with E-state index in [0.717, 1.165) is 38.0 Å². The molecule has 170 valence electrons. The van der Waals surface area contributed by atoms with Crippen molar-refractivity contribution in [3.63, 3.8) is 0 Å². The van der Waals surface area contributed by atoms with Crippen molar-refractivity contribution < 1.29 is 14.3 Å². The maximum absolute atomic E-state index is 11.6. The SMILES string of the molecule is CN=C(NCCNC(=O)C(C)C)NCC(c1ccc(OC)cc1)N1CCOCC1.I. The minimum atomic E-state index is -0.00813. The molecule has 8 nitrogen and oxygen atoms in total. The molecular weight excluding hydrogens is 497 g/mol. The van der Waals surface area contributed by atoms with E-state index < -0.39 is 0 Å². The molecule has 1 fully saturated rings. The first-order valence-corrected chi connectivity index (χ1v) is 10.2. The van der Waals surface area contributed by atoms with Gasteiger partial charge >= 0.3 is 0 Å². The number of nitrogens with zero attached hydrogens (tertiary/aromatic N) is 2. The van der Waals surface area contributed by atoms with E-state index in [1.54, 1.807) is 14.2 Å². The Hall–Kier alpha value is -1.59. The molecule has 1 aromatic rings. The normalized spacial score (nSPS) is 15.8. The third-order valence-corrected chi connectivity index (χ3v) is 4.91. The third kappa shape index (κ3) is 8.65. The first kappa shape index (κ1) is 26.4. The molecule has 0 aromatic heterocycles. The standard InChI is InChI=1S/C21H35N5O3.HI/c1-16(2)20(27)23-9-10-24-21(22-3)25-15-19(26-11-13-29-14-12-26)17-5-7-18(28-4)8-6-17;/h5-8,16,19H,9-15H2,1-4H3,(H,23,27)(H2,22,24,25);1H. The number of guanidine groups is 1. The molecule has 0 radical (unpaired) electrons. The number of halogens is 1.